The molecule has 0 amide bonds. The fourth-order valence-electron chi connectivity index (χ4n) is 1.90. The molecule has 19 heavy (non-hydrogen) atoms. The van der Waals surface area contributed by atoms with Crippen LogP contribution in [-0.4, -0.2) is 10.5 Å². The summed E-state index contributed by atoms with van der Waals surface area (Å²) in [5, 5.41) is 10.7. The fourth-order valence-corrected chi connectivity index (χ4v) is 1.90. The largest absolute Gasteiger partial charge is 0.548 e. The van der Waals surface area contributed by atoms with Crippen molar-refractivity contribution in [2.24, 2.45) is 0 Å². The molecule has 5 nitrogen and oxygen atoms in total. The molecular formula is C14H13N2O3-. The molecule has 0 atom stereocenters. The van der Waals surface area contributed by atoms with Crippen LogP contribution in [0.25, 0.3) is 0 Å². The number of rotatable bonds is 4. The zero-order valence-corrected chi connectivity index (χ0v) is 10.2. The zero-order chi connectivity index (χ0) is 13.8. The molecule has 0 saturated heterocycles. The van der Waals surface area contributed by atoms with E-state index in [4.69, 9.17) is 5.73 Å². The van der Waals surface area contributed by atoms with Crippen LogP contribution < -0.4 is 16.4 Å². The first-order chi connectivity index (χ1) is 9.08. The summed E-state index contributed by atoms with van der Waals surface area (Å²) in [6.07, 6.45) is 0.462. The molecular weight excluding hydrogens is 244 g/mol. The highest BCUT2D eigenvalue weighted by molar-refractivity contribution is 5.64. The number of carbonyl (C=O) groups excluding carboxylic acids is 1. The number of carboxylic acid groups (broad SMARTS) is 1. The Labute approximate surface area is 109 Å². The summed E-state index contributed by atoms with van der Waals surface area (Å²) >= 11 is 0. The van der Waals surface area contributed by atoms with Crippen molar-refractivity contribution in [3.8, 4) is 0 Å². The second-order valence-corrected chi connectivity index (χ2v) is 4.21. The summed E-state index contributed by atoms with van der Waals surface area (Å²) in [6, 6.07) is 12.6. The highest BCUT2D eigenvalue weighted by Crippen LogP contribution is 2.09. The van der Waals surface area contributed by atoms with Gasteiger partial charge in [-0.05, 0) is 17.7 Å². The first-order valence-electron chi connectivity index (χ1n) is 5.80. The Morgan fingerprint density at radius 1 is 1.16 bits per heavy atom. The molecule has 2 rings (SSSR count). The van der Waals surface area contributed by atoms with E-state index in [2.05, 4.69) is 0 Å². The highest BCUT2D eigenvalue weighted by atomic mass is 16.4. The molecule has 0 aliphatic carbocycles. The van der Waals surface area contributed by atoms with Gasteiger partial charge in [-0.3, -0.25) is 4.79 Å². The summed E-state index contributed by atoms with van der Waals surface area (Å²) < 4.78 is 1.14. The first kappa shape index (κ1) is 12.9. The lowest BCUT2D eigenvalue weighted by Gasteiger charge is -2.14. The quantitative estimate of drug-likeness (QED) is 0.819. The number of anilines is 1. The van der Waals surface area contributed by atoms with Gasteiger partial charge in [0.1, 0.15) is 0 Å². The lowest BCUT2D eigenvalue weighted by Crippen LogP contribution is -2.35. The molecule has 0 spiro atoms. The van der Waals surface area contributed by atoms with E-state index in [0.29, 0.717) is 12.1 Å². The standard InChI is InChI=1S/C14H14N2O3/c15-12-7-6-11(8-10-4-2-1-3-5-10)16(14(12)19)9-13(17)18/h1-7H,8-9,15H2,(H,17,18)/p-1. The second-order valence-electron chi connectivity index (χ2n) is 4.21. The number of benzene rings is 1. The monoisotopic (exact) mass is 257 g/mol. The van der Waals surface area contributed by atoms with Crippen molar-refractivity contribution in [3.05, 3.63) is 64.1 Å². The summed E-state index contributed by atoms with van der Waals surface area (Å²) in [6.45, 7) is -0.494. The van der Waals surface area contributed by atoms with Crippen molar-refractivity contribution in [2.75, 3.05) is 5.73 Å². The summed E-state index contributed by atoms with van der Waals surface area (Å²) in [4.78, 5) is 22.6. The minimum Gasteiger partial charge on any atom is -0.548 e. The molecule has 1 aromatic heterocycles. The van der Waals surface area contributed by atoms with E-state index < -0.39 is 18.1 Å². The molecule has 1 heterocycles. The number of carboxylic acids is 1. The van der Waals surface area contributed by atoms with E-state index in [-0.39, 0.29) is 5.69 Å². The predicted octanol–water partition coefficient (Wildman–Crippen LogP) is -0.229. The van der Waals surface area contributed by atoms with Crippen molar-refractivity contribution < 1.29 is 9.90 Å². The number of carbonyl (C=O) groups is 1. The smallest absolute Gasteiger partial charge is 0.274 e. The number of nitrogen functional groups attached to an aromatic ring is 1. The Balaban J connectivity index is 2.42. The Hall–Kier alpha value is -2.56. The van der Waals surface area contributed by atoms with Gasteiger partial charge in [0.25, 0.3) is 5.56 Å². The van der Waals surface area contributed by atoms with Crippen LogP contribution in [-0.2, 0) is 17.8 Å². The third-order valence-corrected chi connectivity index (χ3v) is 2.81. The number of aliphatic carboxylic acids is 1. The lowest BCUT2D eigenvalue weighted by molar-refractivity contribution is -0.306. The van der Waals surface area contributed by atoms with Crippen molar-refractivity contribution in [1.82, 2.24) is 4.57 Å². The van der Waals surface area contributed by atoms with E-state index in [9.17, 15) is 14.7 Å². The van der Waals surface area contributed by atoms with Gasteiger partial charge in [0.15, 0.2) is 0 Å². The van der Waals surface area contributed by atoms with Gasteiger partial charge in [-0.2, -0.15) is 0 Å². The molecule has 0 unspecified atom stereocenters. The van der Waals surface area contributed by atoms with Crippen LogP contribution in [0.2, 0.25) is 0 Å². The van der Waals surface area contributed by atoms with Crippen LogP contribution in [0.3, 0.4) is 0 Å². The van der Waals surface area contributed by atoms with Gasteiger partial charge in [0.05, 0.1) is 18.2 Å². The van der Waals surface area contributed by atoms with Crippen molar-refractivity contribution in [2.45, 2.75) is 13.0 Å². The van der Waals surface area contributed by atoms with E-state index in [1.807, 2.05) is 30.3 Å². The minimum atomic E-state index is -1.32. The van der Waals surface area contributed by atoms with Gasteiger partial charge >= 0.3 is 0 Å². The Morgan fingerprint density at radius 3 is 2.47 bits per heavy atom. The van der Waals surface area contributed by atoms with Gasteiger partial charge in [0, 0.05) is 12.1 Å². The van der Waals surface area contributed by atoms with Crippen molar-refractivity contribution in [3.63, 3.8) is 0 Å². The van der Waals surface area contributed by atoms with Gasteiger partial charge in [-0.1, -0.05) is 30.3 Å². The number of pyridine rings is 1. The average Bonchev–Trinajstić information content (AvgIpc) is 2.39. The molecule has 0 bridgehead atoms. The Morgan fingerprint density at radius 2 is 1.84 bits per heavy atom. The molecule has 1 aromatic carbocycles. The number of nitrogens with zero attached hydrogens (tertiary/aromatic N) is 1. The molecule has 0 aliphatic heterocycles. The number of nitrogens with two attached hydrogens (primary N) is 1. The maximum absolute atomic E-state index is 11.9. The molecule has 5 heteroatoms. The third kappa shape index (κ3) is 3.01. The van der Waals surface area contributed by atoms with Gasteiger partial charge in [-0.25, -0.2) is 0 Å². The predicted molar refractivity (Wildman–Crippen MR) is 69.4 cm³/mol. The molecule has 0 aliphatic rings. The van der Waals surface area contributed by atoms with Crippen molar-refractivity contribution >= 4 is 11.7 Å². The van der Waals surface area contributed by atoms with E-state index in [0.717, 1.165) is 10.1 Å². The highest BCUT2D eigenvalue weighted by Gasteiger charge is 2.07. The number of hydrogen-bond donors (Lipinski definition) is 1. The SMILES string of the molecule is Nc1ccc(Cc2ccccc2)n(CC(=O)[O-])c1=O. The normalized spacial score (nSPS) is 10.3. The van der Waals surface area contributed by atoms with E-state index in [1.165, 1.54) is 6.07 Å². The van der Waals surface area contributed by atoms with Gasteiger partial charge in [-0.15, -0.1) is 0 Å². The molecule has 98 valence electrons. The topological polar surface area (TPSA) is 88.2 Å². The number of aromatic nitrogens is 1. The van der Waals surface area contributed by atoms with Gasteiger partial charge in [0.2, 0.25) is 0 Å². The number of hydrogen-bond acceptors (Lipinski definition) is 4. The maximum atomic E-state index is 11.9. The van der Waals surface area contributed by atoms with Gasteiger partial charge < -0.3 is 20.2 Å². The molecule has 0 radical (unpaired) electrons. The Kier molecular flexibility index (Phi) is 3.66. The minimum absolute atomic E-state index is 0.0260. The van der Waals surface area contributed by atoms with Crippen LogP contribution in [0.15, 0.2) is 47.3 Å². The average molecular weight is 257 g/mol. The fraction of sp³-hybridized carbons (Fsp3) is 0.143. The van der Waals surface area contributed by atoms with Crippen LogP contribution in [0.5, 0.6) is 0 Å². The first-order valence-corrected chi connectivity index (χ1v) is 5.80. The second kappa shape index (κ2) is 5.39. The molecule has 0 fully saturated rings. The van der Waals surface area contributed by atoms with E-state index in [1.54, 1.807) is 6.07 Å². The van der Waals surface area contributed by atoms with Crippen LogP contribution in [0.1, 0.15) is 11.3 Å². The summed E-state index contributed by atoms with van der Waals surface area (Å²) in [7, 11) is 0. The Bertz CT molecular complexity index is 647. The van der Waals surface area contributed by atoms with Crippen LogP contribution in [0.4, 0.5) is 5.69 Å². The molecule has 0 saturated carbocycles. The zero-order valence-electron chi connectivity index (χ0n) is 10.2. The van der Waals surface area contributed by atoms with E-state index >= 15 is 0 Å². The lowest BCUT2D eigenvalue weighted by atomic mass is 10.1. The van der Waals surface area contributed by atoms with Crippen molar-refractivity contribution in [1.29, 1.82) is 0 Å². The summed E-state index contributed by atoms with van der Waals surface area (Å²) in [5.74, 6) is -1.32. The molecule has 2 N–H and O–H groups in total. The maximum Gasteiger partial charge on any atom is 0.274 e. The van der Waals surface area contributed by atoms with Crippen LogP contribution in [0, 0.1) is 0 Å². The molecule has 2 aromatic rings. The third-order valence-electron chi connectivity index (χ3n) is 2.81. The van der Waals surface area contributed by atoms with Crippen LogP contribution >= 0.6 is 0 Å². The summed E-state index contributed by atoms with van der Waals surface area (Å²) in [5.41, 5.74) is 6.61.